The number of hydrogen-bond donors (Lipinski definition) is 2. The lowest BCUT2D eigenvalue weighted by atomic mass is 10.0. The minimum absolute atomic E-state index is 0.0183. The van der Waals surface area contributed by atoms with Crippen LogP contribution in [-0.4, -0.2) is 42.2 Å². The zero-order valence-corrected chi connectivity index (χ0v) is 10.7. The highest BCUT2D eigenvalue weighted by molar-refractivity contribution is 5.94. The predicted molar refractivity (Wildman–Crippen MR) is 71.8 cm³/mol. The van der Waals surface area contributed by atoms with E-state index in [1.165, 1.54) is 0 Å². The zero-order chi connectivity index (χ0) is 13.0. The molecule has 1 aliphatic rings. The maximum atomic E-state index is 12.4. The fourth-order valence-electron chi connectivity index (χ4n) is 2.40. The number of aliphatic hydroxyl groups is 1. The van der Waals surface area contributed by atoms with Crippen LogP contribution in [0.15, 0.2) is 24.3 Å². The van der Waals surface area contributed by atoms with Gasteiger partial charge in [0.1, 0.15) is 0 Å². The second kappa shape index (κ2) is 5.87. The van der Waals surface area contributed by atoms with Gasteiger partial charge in [-0.15, -0.1) is 0 Å². The molecule has 0 saturated carbocycles. The fourth-order valence-corrected chi connectivity index (χ4v) is 2.40. The first-order valence-corrected chi connectivity index (χ1v) is 6.46. The van der Waals surface area contributed by atoms with E-state index in [1.807, 2.05) is 31.3 Å². The molecule has 1 amide bonds. The number of carbonyl (C=O) groups excluding carboxylic acids is 1. The first-order chi connectivity index (χ1) is 8.76. The Balaban J connectivity index is 2.13. The molecule has 0 aliphatic carbocycles. The van der Waals surface area contributed by atoms with E-state index in [0.717, 1.165) is 31.5 Å². The van der Waals surface area contributed by atoms with Crippen LogP contribution in [0.1, 0.15) is 29.6 Å². The maximum Gasteiger partial charge on any atom is 0.254 e. The quantitative estimate of drug-likeness (QED) is 0.856. The summed E-state index contributed by atoms with van der Waals surface area (Å²) in [5.41, 5.74) is 1.68. The second-order valence-electron chi connectivity index (χ2n) is 4.66. The van der Waals surface area contributed by atoms with Gasteiger partial charge in [-0.1, -0.05) is 0 Å². The number of likely N-dealkylation sites (tertiary alicyclic amines) is 1. The van der Waals surface area contributed by atoms with Crippen molar-refractivity contribution in [3.05, 3.63) is 29.8 Å². The SMILES string of the molecule is CNc1ccc(C(=O)N2CCCCC2CO)cc1. The Bertz CT molecular complexity index is 403. The number of hydrogen-bond acceptors (Lipinski definition) is 3. The van der Waals surface area contributed by atoms with Gasteiger partial charge in [0.25, 0.3) is 5.91 Å². The smallest absolute Gasteiger partial charge is 0.254 e. The Kier molecular flexibility index (Phi) is 4.20. The summed E-state index contributed by atoms with van der Waals surface area (Å²) in [6.07, 6.45) is 3.02. The number of aliphatic hydroxyl groups excluding tert-OH is 1. The molecule has 0 radical (unpaired) electrons. The van der Waals surface area contributed by atoms with Crippen LogP contribution in [-0.2, 0) is 0 Å². The van der Waals surface area contributed by atoms with Gasteiger partial charge in [0, 0.05) is 24.8 Å². The summed E-state index contributed by atoms with van der Waals surface area (Å²) < 4.78 is 0. The number of anilines is 1. The van der Waals surface area contributed by atoms with Gasteiger partial charge >= 0.3 is 0 Å². The highest BCUT2D eigenvalue weighted by Crippen LogP contribution is 2.20. The molecule has 4 nitrogen and oxygen atoms in total. The number of benzene rings is 1. The molecule has 0 spiro atoms. The van der Waals surface area contributed by atoms with Crippen LogP contribution in [0.5, 0.6) is 0 Å². The van der Waals surface area contributed by atoms with E-state index in [0.29, 0.717) is 5.56 Å². The van der Waals surface area contributed by atoms with Gasteiger partial charge in [-0.05, 0) is 43.5 Å². The lowest BCUT2D eigenvalue weighted by molar-refractivity contribution is 0.0503. The topological polar surface area (TPSA) is 52.6 Å². The molecule has 1 aliphatic heterocycles. The molecule has 4 heteroatoms. The van der Waals surface area contributed by atoms with Gasteiger partial charge < -0.3 is 15.3 Å². The van der Waals surface area contributed by atoms with Crippen molar-refractivity contribution < 1.29 is 9.90 Å². The summed E-state index contributed by atoms with van der Waals surface area (Å²) in [6, 6.07) is 7.43. The van der Waals surface area contributed by atoms with Crippen molar-refractivity contribution >= 4 is 11.6 Å². The molecule has 18 heavy (non-hydrogen) atoms. The monoisotopic (exact) mass is 248 g/mol. The molecule has 1 unspecified atom stereocenters. The Labute approximate surface area is 108 Å². The maximum absolute atomic E-state index is 12.4. The Hall–Kier alpha value is -1.55. The van der Waals surface area contributed by atoms with Crippen molar-refractivity contribution in [2.24, 2.45) is 0 Å². The molecule has 1 saturated heterocycles. The summed E-state index contributed by atoms with van der Waals surface area (Å²) in [6.45, 7) is 0.804. The lowest BCUT2D eigenvalue weighted by Crippen LogP contribution is -2.45. The highest BCUT2D eigenvalue weighted by atomic mass is 16.3. The second-order valence-corrected chi connectivity index (χ2v) is 4.66. The van der Waals surface area contributed by atoms with Gasteiger partial charge in [-0.25, -0.2) is 0 Å². The molecule has 0 aromatic heterocycles. The Morgan fingerprint density at radius 3 is 2.72 bits per heavy atom. The van der Waals surface area contributed by atoms with E-state index in [2.05, 4.69) is 5.32 Å². The predicted octanol–water partition coefficient (Wildman–Crippen LogP) is 1.72. The summed E-state index contributed by atoms with van der Waals surface area (Å²) in [5, 5.41) is 12.4. The molecule has 2 rings (SSSR count). The third kappa shape index (κ3) is 2.64. The lowest BCUT2D eigenvalue weighted by Gasteiger charge is -2.34. The number of nitrogens with zero attached hydrogens (tertiary/aromatic N) is 1. The Morgan fingerprint density at radius 2 is 2.11 bits per heavy atom. The minimum atomic E-state index is -0.0183. The molecule has 2 N–H and O–H groups in total. The zero-order valence-electron chi connectivity index (χ0n) is 10.7. The normalized spacial score (nSPS) is 19.7. The van der Waals surface area contributed by atoms with Crippen molar-refractivity contribution in [2.75, 3.05) is 25.5 Å². The number of nitrogens with one attached hydrogen (secondary N) is 1. The molecule has 98 valence electrons. The average Bonchev–Trinajstić information content (AvgIpc) is 2.46. The largest absolute Gasteiger partial charge is 0.394 e. The number of amides is 1. The van der Waals surface area contributed by atoms with Crippen molar-refractivity contribution in [3.8, 4) is 0 Å². The fraction of sp³-hybridized carbons (Fsp3) is 0.500. The molecule has 1 fully saturated rings. The van der Waals surface area contributed by atoms with Gasteiger partial charge in [-0.2, -0.15) is 0 Å². The van der Waals surface area contributed by atoms with Gasteiger partial charge in [0.05, 0.1) is 12.6 Å². The molecule has 0 bridgehead atoms. The summed E-state index contributed by atoms with van der Waals surface area (Å²) in [7, 11) is 1.85. The van der Waals surface area contributed by atoms with Crippen molar-refractivity contribution in [2.45, 2.75) is 25.3 Å². The molecule has 1 aromatic rings. The van der Waals surface area contributed by atoms with Crippen LogP contribution < -0.4 is 5.32 Å². The van der Waals surface area contributed by atoms with E-state index in [1.54, 1.807) is 4.90 Å². The summed E-state index contributed by atoms with van der Waals surface area (Å²) in [4.78, 5) is 14.2. The summed E-state index contributed by atoms with van der Waals surface area (Å²) in [5.74, 6) is 0.0244. The molecular formula is C14H20N2O2. The van der Waals surface area contributed by atoms with E-state index >= 15 is 0 Å². The average molecular weight is 248 g/mol. The van der Waals surface area contributed by atoms with Crippen LogP contribution in [0.2, 0.25) is 0 Å². The van der Waals surface area contributed by atoms with E-state index in [-0.39, 0.29) is 18.6 Å². The van der Waals surface area contributed by atoms with Crippen LogP contribution in [0, 0.1) is 0 Å². The highest BCUT2D eigenvalue weighted by Gasteiger charge is 2.26. The van der Waals surface area contributed by atoms with Crippen LogP contribution in [0.4, 0.5) is 5.69 Å². The standard InChI is InChI=1S/C14H20N2O2/c1-15-12-7-5-11(6-8-12)14(18)16-9-3-2-4-13(16)10-17/h5-8,13,15,17H,2-4,9-10H2,1H3. The summed E-state index contributed by atoms with van der Waals surface area (Å²) >= 11 is 0. The number of carbonyl (C=O) groups is 1. The van der Waals surface area contributed by atoms with E-state index in [4.69, 9.17) is 0 Å². The van der Waals surface area contributed by atoms with Crippen LogP contribution in [0.3, 0.4) is 0 Å². The van der Waals surface area contributed by atoms with Crippen LogP contribution >= 0.6 is 0 Å². The Morgan fingerprint density at radius 1 is 1.39 bits per heavy atom. The number of rotatable bonds is 3. The van der Waals surface area contributed by atoms with Crippen LogP contribution in [0.25, 0.3) is 0 Å². The third-order valence-corrected chi connectivity index (χ3v) is 3.52. The minimum Gasteiger partial charge on any atom is -0.394 e. The van der Waals surface area contributed by atoms with Crippen molar-refractivity contribution in [1.82, 2.24) is 4.90 Å². The first-order valence-electron chi connectivity index (χ1n) is 6.46. The number of piperidine rings is 1. The van der Waals surface area contributed by atoms with E-state index in [9.17, 15) is 9.90 Å². The molecule has 1 atom stereocenters. The van der Waals surface area contributed by atoms with Gasteiger partial charge in [0.15, 0.2) is 0 Å². The van der Waals surface area contributed by atoms with E-state index < -0.39 is 0 Å². The molecular weight excluding hydrogens is 228 g/mol. The third-order valence-electron chi connectivity index (χ3n) is 3.52. The molecule has 1 heterocycles. The van der Waals surface area contributed by atoms with Gasteiger partial charge in [-0.3, -0.25) is 4.79 Å². The van der Waals surface area contributed by atoms with Crippen molar-refractivity contribution in [3.63, 3.8) is 0 Å². The van der Waals surface area contributed by atoms with Crippen molar-refractivity contribution in [1.29, 1.82) is 0 Å². The molecule has 1 aromatic carbocycles. The van der Waals surface area contributed by atoms with Gasteiger partial charge in [0.2, 0.25) is 0 Å². The first kappa shape index (κ1) is 12.9.